The number of hydrogen-bond acceptors (Lipinski definition) is 4. The van der Waals surface area contributed by atoms with E-state index in [0.29, 0.717) is 5.82 Å². The lowest BCUT2D eigenvalue weighted by atomic mass is 10.2. The first-order chi connectivity index (χ1) is 6.31. The Balaban J connectivity index is 2.65. The molecule has 0 radical (unpaired) electrons. The fraction of sp³-hybridized carbons (Fsp3) is 0. The molecule has 0 bridgehead atoms. The summed E-state index contributed by atoms with van der Waals surface area (Å²) < 4.78 is 0. The Bertz CT molecular complexity index is 457. The van der Waals surface area contributed by atoms with E-state index in [4.69, 9.17) is 11.6 Å². The van der Waals surface area contributed by atoms with Crippen molar-refractivity contribution >= 4 is 22.9 Å². The number of fused-ring (bicyclic) bond motifs is 1. The zero-order valence-corrected chi connectivity index (χ0v) is 6.86. The van der Waals surface area contributed by atoms with Gasteiger partial charge in [-0.15, -0.1) is 0 Å². The number of nitrogens with two attached hydrogens (primary N) is 2. The number of anilines is 1. The second kappa shape index (κ2) is 2.78. The first-order valence-electron chi connectivity index (χ1n) is 3.78. The van der Waals surface area contributed by atoms with E-state index in [1.807, 2.05) is 18.2 Å². The molecular weight excluding hydrogens is 166 g/mol. The maximum Gasteiger partial charge on any atom is 0.153 e. The number of nitrogen functional groups attached to an aromatic ring is 1. The predicted molar refractivity (Wildman–Crippen MR) is 52.3 cm³/mol. The molecule has 0 spiro atoms. The van der Waals surface area contributed by atoms with Crippen molar-refractivity contribution in [1.82, 2.24) is 10.2 Å². The second-order valence-electron chi connectivity index (χ2n) is 2.69. The number of H-pyrrole nitrogens is 1. The average Bonchev–Trinajstić information content (AvgIpc) is 2.49. The molecule has 13 heavy (non-hydrogen) atoms. The van der Waals surface area contributed by atoms with Crippen LogP contribution in [0.15, 0.2) is 23.3 Å². The lowest BCUT2D eigenvalue weighted by molar-refractivity contribution is 1.13. The topological polar surface area (TPSA) is 93.1 Å². The molecule has 0 amide bonds. The van der Waals surface area contributed by atoms with Crippen molar-refractivity contribution in [2.75, 3.05) is 5.73 Å². The summed E-state index contributed by atoms with van der Waals surface area (Å²) in [5.74, 6) is 5.52. The first-order valence-corrected chi connectivity index (χ1v) is 3.78. The summed E-state index contributed by atoms with van der Waals surface area (Å²) in [5.41, 5.74) is 7.44. The standard InChI is InChI=1S/C8H9N5/c9-8-6-3-5(4-11-10)1-2-7(6)12-13-8/h1-4H,10H2,(H3,9,12,13)/b11-4+. The van der Waals surface area contributed by atoms with Crippen molar-refractivity contribution in [1.29, 1.82) is 0 Å². The van der Waals surface area contributed by atoms with Crippen LogP contribution in [0.25, 0.3) is 10.9 Å². The molecule has 0 unspecified atom stereocenters. The number of hydrogen-bond donors (Lipinski definition) is 3. The lowest BCUT2D eigenvalue weighted by Gasteiger charge is -1.92. The molecule has 5 N–H and O–H groups in total. The number of nitrogens with one attached hydrogen (secondary N) is 1. The van der Waals surface area contributed by atoms with Crippen molar-refractivity contribution in [2.24, 2.45) is 10.9 Å². The molecule has 5 heteroatoms. The molecule has 1 heterocycles. The van der Waals surface area contributed by atoms with Gasteiger partial charge in [-0.05, 0) is 17.7 Å². The quantitative estimate of drug-likeness (QED) is 0.333. The van der Waals surface area contributed by atoms with Gasteiger partial charge in [-0.2, -0.15) is 10.2 Å². The Hall–Kier alpha value is -2.04. The van der Waals surface area contributed by atoms with E-state index in [2.05, 4.69) is 15.3 Å². The minimum atomic E-state index is 0.488. The Morgan fingerprint density at radius 2 is 2.31 bits per heavy atom. The van der Waals surface area contributed by atoms with Gasteiger partial charge >= 0.3 is 0 Å². The number of nitrogens with zero attached hydrogens (tertiary/aromatic N) is 2. The van der Waals surface area contributed by atoms with Crippen molar-refractivity contribution in [3.05, 3.63) is 23.8 Å². The van der Waals surface area contributed by atoms with E-state index in [-0.39, 0.29) is 0 Å². The smallest absolute Gasteiger partial charge is 0.153 e. The van der Waals surface area contributed by atoms with Crippen molar-refractivity contribution < 1.29 is 0 Å². The van der Waals surface area contributed by atoms with E-state index >= 15 is 0 Å². The van der Waals surface area contributed by atoms with Crippen LogP contribution in [0.5, 0.6) is 0 Å². The minimum Gasteiger partial charge on any atom is -0.382 e. The molecule has 1 aromatic carbocycles. The molecule has 0 aliphatic carbocycles. The first kappa shape index (κ1) is 7.60. The Morgan fingerprint density at radius 3 is 3.08 bits per heavy atom. The van der Waals surface area contributed by atoms with Crippen LogP contribution in [0.3, 0.4) is 0 Å². The van der Waals surface area contributed by atoms with E-state index in [1.54, 1.807) is 6.21 Å². The highest BCUT2D eigenvalue weighted by Gasteiger charge is 2.01. The van der Waals surface area contributed by atoms with Gasteiger partial charge in [0.05, 0.1) is 11.7 Å². The van der Waals surface area contributed by atoms with Crippen LogP contribution in [-0.2, 0) is 0 Å². The van der Waals surface area contributed by atoms with E-state index in [1.165, 1.54) is 0 Å². The SMILES string of the molecule is N/N=C/c1ccc2[nH]nc(N)c2c1. The average molecular weight is 175 g/mol. The summed E-state index contributed by atoms with van der Waals surface area (Å²) in [6, 6.07) is 5.65. The third kappa shape index (κ3) is 1.20. The predicted octanol–water partition coefficient (Wildman–Crippen LogP) is 0.438. The number of rotatable bonds is 1. The summed E-state index contributed by atoms with van der Waals surface area (Å²) in [6.07, 6.45) is 1.56. The fourth-order valence-corrected chi connectivity index (χ4v) is 1.22. The number of hydrazone groups is 1. The van der Waals surface area contributed by atoms with Crippen LogP contribution in [0.4, 0.5) is 5.82 Å². The molecule has 0 atom stereocenters. The van der Waals surface area contributed by atoms with Crippen LogP contribution >= 0.6 is 0 Å². The molecule has 0 aliphatic rings. The third-order valence-electron chi connectivity index (χ3n) is 1.84. The number of benzene rings is 1. The lowest BCUT2D eigenvalue weighted by Crippen LogP contribution is -1.87. The van der Waals surface area contributed by atoms with Crippen molar-refractivity contribution in [2.45, 2.75) is 0 Å². The summed E-state index contributed by atoms with van der Waals surface area (Å²) in [7, 11) is 0. The zero-order chi connectivity index (χ0) is 9.26. The molecule has 0 saturated heterocycles. The van der Waals surface area contributed by atoms with Gasteiger partial charge in [0, 0.05) is 5.39 Å². The molecule has 0 aliphatic heterocycles. The Kier molecular flexibility index (Phi) is 1.63. The van der Waals surface area contributed by atoms with Gasteiger partial charge in [-0.3, -0.25) is 5.10 Å². The van der Waals surface area contributed by atoms with Gasteiger partial charge < -0.3 is 11.6 Å². The zero-order valence-electron chi connectivity index (χ0n) is 6.86. The summed E-state index contributed by atoms with van der Waals surface area (Å²) in [5, 5.41) is 11.0. The molecule has 5 nitrogen and oxygen atoms in total. The minimum absolute atomic E-state index is 0.488. The Labute approximate surface area is 74.4 Å². The van der Waals surface area contributed by atoms with Gasteiger partial charge in [-0.25, -0.2) is 0 Å². The summed E-state index contributed by atoms with van der Waals surface area (Å²) in [6.45, 7) is 0. The molecule has 0 saturated carbocycles. The Morgan fingerprint density at radius 1 is 1.46 bits per heavy atom. The second-order valence-corrected chi connectivity index (χ2v) is 2.69. The molecule has 66 valence electrons. The highest BCUT2D eigenvalue weighted by molar-refractivity contribution is 5.93. The van der Waals surface area contributed by atoms with E-state index in [0.717, 1.165) is 16.5 Å². The van der Waals surface area contributed by atoms with Crippen LogP contribution in [0.1, 0.15) is 5.56 Å². The number of aromatic amines is 1. The van der Waals surface area contributed by atoms with Crippen LogP contribution in [0.2, 0.25) is 0 Å². The van der Waals surface area contributed by atoms with Crippen LogP contribution in [-0.4, -0.2) is 16.4 Å². The van der Waals surface area contributed by atoms with Gasteiger partial charge in [0.1, 0.15) is 0 Å². The van der Waals surface area contributed by atoms with E-state index in [9.17, 15) is 0 Å². The van der Waals surface area contributed by atoms with Crippen LogP contribution < -0.4 is 11.6 Å². The van der Waals surface area contributed by atoms with Gasteiger partial charge in [0.25, 0.3) is 0 Å². The van der Waals surface area contributed by atoms with Gasteiger partial charge in [0.15, 0.2) is 5.82 Å². The molecule has 0 fully saturated rings. The molecule has 2 aromatic rings. The fourth-order valence-electron chi connectivity index (χ4n) is 1.22. The maximum absolute atomic E-state index is 5.62. The van der Waals surface area contributed by atoms with E-state index < -0.39 is 0 Å². The van der Waals surface area contributed by atoms with Gasteiger partial charge in [0.2, 0.25) is 0 Å². The van der Waals surface area contributed by atoms with Crippen LogP contribution in [0, 0.1) is 0 Å². The molecule has 1 aromatic heterocycles. The van der Waals surface area contributed by atoms with Crippen molar-refractivity contribution in [3.63, 3.8) is 0 Å². The highest BCUT2D eigenvalue weighted by Crippen LogP contribution is 2.17. The van der Waals surface area contributed by atoms with Gasteiger partial charge in [-0.1, -0.05) is 6.07 Å². The number of aromatic nitrogens is 2. The maximum atomic E-state index is 5.62. The summed E-state index contributed by atoms with van der Waals surface area (Å²) >= 11 is 0. The third-order valence-corrected chi connectivity index (χ3v) is 1.84. The molecular formula is C8H9N5. The highest BCUT2D eigenvalue weighted by atomic mass is 15.1. The summed E-state index contributed by atoms with van der Waals surface area (Å²) in [4.78, 5) is 0. The van der Waals surface area contributed by atoms with Crippen molar-refractivity contribution in [3.8, 4) is 0 Å². The normalized spacial score (nSPS) is 11.4. The monoisotopic (exact) mass is 175 g/mol. The largest absolute Gasteiger partial charge is 0.382 e. The molecule has 2 rings (SSSR count).